The Labute approximate surface area is 102 Å². The zero-order chi connectivity index (χ0) is 11.5. The molecular weight excluding hydrogens is 242 g/mol. The molecular formula is C11H9NO2S2. The van der Waals surface area contributed by atoms with Crippen LogP contribution in [0.25, 0.3) is 11.3 Å². The van der Waals surface area contributed by atoms with E-state index < -0.39 is 5.97 Å². The first kappa shape index (κ1) is 11.0. The van der Waals surface area contributed by atoms with Crippen LogP contribution in [0.1, 0.15) is 0 Å². The van der Waals surface area contributed by atoms with Gasteiger partial charge >= 0.3 is 5.97 Å². The molecule has 0 saturated carbocycles. The minimum atomic E-state index is -0.883. The molecule has 0 amide bonds. The highest BCUT2D eigenvalue weighted by Gasteiger charge is 2.09. The lowest BCUT2D eigenvalue weighted by Crippen LogP contribution is -2.09. The van der Waals surface area contributed by atoms with Crippen LogP contribution in [0.15, 0.2) is 35.7 Å². The van der Waals surface area contributed by atoms with Crippen LogP contribution >= 0.6 is 23.6 Å². The Balaban J connectivity index is 2.50. The average Bonchev–Trinajstić information content (AvgIpc) is 2.61. The monoisotopic (exact) mass is 251 g/mol. The summed E-state index contributed by atoms with van der Waals surface area (Å²) < 4.78 is 2.22. The number of benzene rings is 1. The summed E-state index contributed by atoms with van der Waals surface area (Å²) in [6, 6.07) is 9.64. The van der Waals surface area contributed by atoms with Gasteiger partial charge in [0.05, 0.1) is 5.69 Å². The van der Waals surface area contributed by atoms with Gasteiger partial charge in [0.2, 0.25) is 0 Å². The number of carboxylic acid groups (broad SMARTS) is 1. The van der Waals surface area contributed by atoms with Crippen molar-refractivity contribution in [3.63, 3.8) is 0 Å². The van der Waals surface area contributed by atoms with E-state index in [9.17, 15) is 4.79 Å². The molecule has 0 spiro atoms. The van der Waals surface area contributed by atoms with Gasteiger partial charge in [0.25, 0.3) is 0 Å². The van der Waals surface area contributed by atoms with Crippen molar-refractivity contribution in [3.05, 3.63) is 39.7 Å². The highest BCUT2D eigenvalue weighted by atomic mass is 32.1. The maximum Gasteiger partial charge on any atom is 0.323 e. The fourth-order valence-corrected chi connectivity index (χ4v) is 2.52. The topological polar surface area (TPSA) is 42.2 Å². The van der Waals surface area contributed by atoms with Crippen molar-refractivity contribution >= 4 is 29.5 Å². The van der Waals surface area contributed by atoms with Crippen molar-refractivity contribution in [2.24, 2.45) is 0 Å². The molecule has 1 heterocycles. The van der Waals surface area contributed by atoms with E-state index in [-0.39, 0.29) is 6.54 Å². The molecule has 0 saturated heterocycles. The Kier molecular flexibility index (Phi) is 3.17. The summed E-state index contributed by atoms with van der Waals surface area (Å²) in [6.45, 7) is -0.0907. The standard InChI is InChI=1S/C11H9NO2S2/c13-10(14)6-12-9(7-16-11(12)15)8-4-2-1-3-5-8/h1-5,7H,6H2,(H,13,14). The molecule has 2 rings (SSSR count). The molecule has 0 bridgehead atoms. The minimum absolute atomic E-state index is 0.0907. The Morgan fingerprint density at radius 1 is 1.38 bits per heavy atom. The molecule has 16 heavy (non-hydrogen) atoms. The molecule has 0 fully saturated rings. The smallest absolute Gasteiger partial charge is 0.323 e. The van der Waals surface area contributed by atoms with Crippen molar-refractivity contribution in [1.82, 2.24) is 4.57 Å². The summed E-state index contributed by atoms with van der Waals surface area (Å²) >= 11 is 6.49. The highest BCUT2D eigenvalue weighted by molar-refractivity contribution is 7.73. The van der Waals surface area contributed by atoms with Crippen LogP contribution in [-0.2, 0) is 11.3 Å². The van der Waals surface area contributed by atoms with E-state index in [4.69, 9.17) is 17.3 Å². The van der Waals surface area contributed by atoms with Crippen molar-refractivity contribution in [3.8, 4) is 11.3 Å². The van der Waals surface area contributed by atoms with Gasteiger partial charge in [-0.2, -0.15) is 0 Å². The first-order valence-corrected chi connectivity index (χ1v) is 5.93. The van der Waals surface area contributed by atoms with Crippen LogP contribution in [0.2, 0.25) is 0 Å². The summed E-state index contributed by atoms with van der Waals surface area (Å²) in [5, 5.41) is 10.7. The predicted molar refractivity (Wildman–Crippen MR) is 66.2 cm³/mol. The van der Waals surface area contributed by atoms with Crippen LogP contribution in [0.5, 0.6) is 0 Å². The van der Waals surface area contributed by atoms with E-state index in [0.29, 0.717) is 3.95 Å². The Hall–Kier alpha value is -1.46. The number of rotatable bonds is 3. The van der Waals surface area contributed by atoms with Gasteiger partial charge in [-0.3, -0.25) is 4.79 Å². The van der Waals surface area contributed by atoms with Crippen molar-refractivity contribution in [2.75, 3.05) is 0 Å². The molecule has 0 atom stereocenters. The van der Waals surface area contributed by atoms with Crippen molar-refractivity contribution < 1.29 is 9.90 Å². The number of thiazole rings is 1. The van der Waals surface area contributed by atoms with E-state index >= 15 is 0 Å². The van der Waals surface area contributed by atoms with Gasteiger partial charge < -0.3 is 9.67 Å². The second-order valence-electron chi connectivity index (χ2n) is 3.23. The number of carboxylic acids is 1. The van der Waals surface area contributed by atoms with Crippen LogP contribution < -0.4 is 0 Å². The third-order valence-corrected chi connectivity index (χ3v) is 3.42. The first-order chi connectivity index (χ1) is 7.68. The Bertz CT molecular complexity index is 557. The Morgan fingerprint density at radius 2 is 2.06 bits per heavy atom. The predicted octanol–water partition coefficient (Wildman–Crippen LogP) is 3.03. The number of aliphatic carboxylic acids is 1. The molecule has 0 radical (unpaired) electrons. The quantitative estimate of drug-likeness (QED) is 0.853. The first-order valence-electron chi connectivity index (χ1n) is 4.64. The lowest BCUT2D eigenvalue weighted by Gasteiger charge is -2.05. The molecule has 0 aliphatic carbocycles. The summed E-state index contributed by atoms with van der Waals surface area (Å²) in [4.78, 5) is 10.7. The molecule has 1 aromatic carbocycles. The number of hydrogen-bond donors (Lipinski definition) is 1. The van der Waals surface area contributed by atoms with Gasteiger partial charge in [0.1, 0.15) is 6.54 Å². The lowest BCUT2D eigenvalue weighted by atomic mass is 10.2. The molecule has 1 N–H and O–H groups in total. The van der Waals surface area contributed by atoms with Gasteiger partial charge in [-0.15, -0.1) is 11.3 Å². The number of aromatic nitrogens is 1. The summed E-state index contributed by atoms with van der Waals surface area (Å²) in [5.74, 6) is -0.883. The van der Waals surface area contributed by atoms with Gasteiger partial charge in [0, 0.05) is 5.38 Å². The molecule has 0 unspecified atom stereocenters. The number of carbonyl (C=O) groups is 1. The molecule has 1 aromatic heterocycles. The Morgan fingerprint density at radius 3 is 2.69 bits per heavy atom. The van der Waals surface area contributed by atoms with Crippen molar-refractivity contribution in [1.29, 1.82) is 0 Å². The minimum Gasteiger partial charge on any atom is -0.480 e. The fourth-order valence-electron chi connectivity index (χ4n) is 1.45. The van der Waals surface area contributed by atoms with E-state index in [1.807, 2.05) is 35.7 Å². The van der Waals surface area contributed by atoms with Crippen LogP contribution in [-0.4, -0.2) is 15.6 Å². The lowest BCUT2D eigenvalue weighted by molar-refractivity contribution is -0.137. The van der Waals surface area contributed by atoms with Gasteiger partial charge in [-0.1, -0.05) is 30.3 Å². The third-order valence-electron chi connectivity index (χ3n) is 2.15. The maximum atomic E-state index is 10.7. The molecule has 2 aromatic rings. The number of nitrogens with zero attached hydrogens (tertiary/aromatic N) is 1. The SMILES string of the molecule is O=C(O)Cn1c(-c2ccccc2)csc1=S. The molecule has 3 nitrogen and oxygen atoms in total. The maximum absolute atomic E-state index is 10.7. The third kappa shape index (κ3) is 2.20. The zero-order valence-electron chi connectivity index (χ0n) is 8.29. The van der Waals surface area contributed by atoms with Crippen LogP contribution in [0.3, 0.4) is 0 Å². The van der Waals surface area contributed by atoms with E-state index in [1.165, 1.54) is 11.3 Å². The summed E-state index contributed by atoms with van der Waals surface area (Å²) in [5.41, 5.74) is 1.84. The second-order valence-corrected chi connectivity index (χ2v) is 4.74. The van der Waals surface area contributed by atoms with E-state index in [2.05, 4.69) is 0 Å². The van der Waals surface area contributed by atoms with Crippen LogP contribution in [0.4, 0.5) is 0 Å². The zero-order valence-corrected chi connectivity index (χ0v) is 9.92. The fraction of sp³-hybridized carbons (Fsp3) is 0.0909. The normalized spacial score (nSPS) is 10.2. The van der Waals surface area contributed by atoms with E-state index in [1.54, 1.807) is 4.57 Å². The van der Waals surface area contributed by atoms with Gasteiger partial charge in [-0.25, -0.2) is 0 Å². The van der Waals surface area contributed by atoms with Crippen LogP contribution in [0, 0.1) is 3.95 Å². The molecule has 0 aliphatic heterocycles. The molecule has 82 valence electrons. The molecule has 5 heteroatoms. The van der Waals surface area contributed by atoms with Crippen molar-refractivity contribution in [2.45, 2.75) is 6.54 Å². The summed E-state index contributed by atoms with van der Waals surface area (Å²) in [7, 11) is 0. The largest absolute Gasteiger partial charge is 0.480 e. The summed E-state index contributed by atoms with van der Waals surface area (Å²) in [6.07, 6.45) is 0. The number of hydrogen-bond acceptors (Lipinski definition) is 3. The highest BCUT2D eigenvalue weighted by Crippen LogP contribution is 2.23. The van der Waals surface area contributed by atoms with Gasteiger partial charge in [-0.05, 0) is 17.8 Å². The second kappa shape index (κ2) is 4.59. The average molecular weight is 251 g/mol. The van der Waals surface area contributed by atoms with Gasteiger partial charge in [0.15, 0.2) is 3.95 Å². The van der Waals surface area contributed by atoms with E-state index in [0.717, 1.165) is 11.3 Å². The molecule has 0 aliphatic rings.